The first kappa shape index (κ1) is 19.3. The van der Waals surface area contributed by atoms with Crippen LogP contribution in [0.2, 0.25) is 0 Å². The summed E-state index contributed by atoms with van der Waals surface area (Å²) in [6, 6.07) is 7.19. The van der Waals surface area contributed by atoms with Crippen LogP contribution < -0.4 is 10.6 Å². The Morgan fingerprint density at radius 3 is 2.88 bits per heavy atom. The Bertz CT molecular complexity index is 755. The zero-order valence-electron chi connectivity index (χ0n) is 15.4. The molecule has 4 rings (SSSR count). The molecule has 2 fully saturated rings. The topological polar surface area (TPSA) is 69.8 Å². The average molecular weight is 469 g/mol. The minimum absolute atomic E-state index is 0. The van der Waals surface area contributed by atoms with E-state index >= 15 is 0 Å². The van der Waals surface area contributed by atoms with Gasteiger partial charge in [-0.3, -0.25) is 9.30 Å². The monoisotopic (exact) mass is 469 g/mol. The maximum atomic E-state index is 4.74. The zero-order valence-corrected chi connectivity index (χ0v) is 17.8. The number of fused-ring (bicyclic) bond motifs is 1. The van der Waals surface area contributed by atoms with E-state index in [1.807, 2.05) is 28.8 Å². The van der Waals surface area contributed by atoms with Crippen molar-refractivity contribution in [3.8, 4) is 0 Å². The Balaban J connectivity index is 0.00000196. The number of rotatable bonds is 5. The largest absolute Gasteiger partial charge is 0.357 e. The van der Waals surface area contributed by atoms with Crippen LogP contribution in [0.15, 0.2) is 29.4 Å². The molecule has 1 aliphatic carbocycles. The second-order valence-electron chi connectivity index (χ2n) is 7.15. The molecular formula is C18H28IN7. The van der Waals surface area contributed by atoms with Gasteiger partial charge in [-0.05, 0) is 37.8 Å². The third-order valence-corrected chi connectivity index (χ3v) is 5.13. The van der Waals surface area contributed by atoms with Gasteiger partial charge in [0.25, 0.3) is 0 Å². The van der Waals surface area contributed by atoms with Crippen LogP contribution in [0, 0.1) is 5.92 Å². The molecule has 26 heavy (non-hydrogen) atoms. The highest BCUT2D eigenvalue weighted by molar-refractivity contribution is 14.0. The molecule has 8 heteroatoms. The molecule has 2 aromatic rings. The normalized spacial score (nSPS) is 23.8. The first-order chi connectivity index (χ1) is 12.2. The molecule has 3 heterocycles. The van der Waals surface area contributed by atoms with Gasteiger partial charge in [0.2, 0.25) is 0 Å². The number of likely N-dealkylation sites (tertiary alicyclic amines) is 1. The van der Waals surface area contributed by atoms with Gasteiger partial charge in [-0.2, -0.15) is 0 Å². The summed E-state index contributed by atoms with van der Waals surface area (Å²) in [4.78, 5) is 7.37. The minimum atomic E-state index is 0. The summed E-state index contributed by atoms with van der Waals surface area (Å²) in [5.41, 5.74) is 0.857. The summed E-state index contributed by atoms with van der Waals surface area (Å²) >= 11 is 0. The molecule has 1 saturated carbocycles. The Hall–Kier alpha value is -1.42. The number of nitrogens with one attached hydrogen (secondary N) is 2. The quantitative estimate of drug-likeness (QED) is 0.398. The lowest BCUT2D eigenvalue weighted by atomic mass is 10.1. The molecule has 2 aromatic heterocycles. The van der Waals surface area contributed by atoms with E-state index in [1.54, 1.807) is 0 Å². The van der Waals surface area contributed by atoms with E-state index < -0.39 is 0 Å². The van der Waals surface area contributed by atoms with Gasteiger partial charge in [-0.25, -0.2) is 4.99 Å². The van der Waals surface area contributed by atoms with Crippen molar-refractivity contribution in [3.05, 3.63) is 30.2 Å². The van der Waals surface area contributed by atoms with Gasteiger partial charge in [0.05, 0.1) is 0 Å². The van der Waals surface area contributed by atoms with E-state index in [4.69, 9.17) is 4.99 Å². The van der Waals surface area contributed by atoms with Crippen LogP contribution in [-0.2, 0) is 6.54 Å². The van der Waals surface area contributed by atoms with Crippen LogP contribution in [0.25, 0.3) is 5.65 Å². The molecule has 2 aliphatic rings. The fraction of sp³-hybridized carbons (Fsp3) is 0.611. The van der Waals surface area contributed by atoms with Crippen molar-refractivity contribution >= 4 is 35.6 Å². The van der Waals surface area contributed by atoms with Gasteiger partial charge in [-0.1, -0.05) is 13.0 Å². The molecule has 7 nitrogen and oxygen atoms in total. The van der Waals surface area contributed by atoms with Gasteiger partial charge in [0, 0.05) is 37.9 Å². The Kier molecular flexibility index (Phi) is 6.33. The number of nitrogens with zero attached hydrogens (tertiary/aromatic N) is 5. The summed E-state index contributed by atoms with van der Waals surface area (Å²) in [7, 11) is 0. The summed E-state index contributed by atoms with van der Waals surface area (Å²) < 4.78 is 1.99. The number of aliphatic imine (C=N–C) groups is 1. The molecule has 0 radical (unpaired) electrons. The number of guanidine groups is 1. The third kappa shape index (κ3) is 4.28. The van der Waals surface area contributed by atoms with E-state index in [9.17, 15) is 0 Å². The first-order valence-electron chi connectivity index (χ1n) is 9.32. The molecule has 2 atom stereocenters. The maximum Gasteiger partial charge on any atom is 0.191 e. The number of aromatic nitrogens is 3. The van der Waals surface area contributed by atoms with Crippen LogP contribution in [0.1, 0.15) is 32.5 Å². The molecule has 2 N–H and O–H groups in total. The molecule has 1 saturated heterocycles. The van der Waals surface area contributed by atoms with Crippen molar-refractivity contribution in [2.24, 2.45) is 10.9 Å². The second-order valence-corrected chi connectivity index (χ2v) is 7.15. The number of hydrogen-bond acceptors (Lipinski definition) is 4. The van der Waals surface area contributed by atoms with Crippen LogP contribution >= 0.6 is 24.0 Å². The molecule has 0 aromatic carbocycles. The van der Waals surface area contributed by atoms with E-state index in [-0.39, 0.29) is 24.0 Å². The molecule has 0 spiro atoms. The second kappa shape index (κ2) is 8.51. The van der Waals surface area contributed by atoms with Crippen molar-refractivity contribution in [1.29, 1.82) is 0 Å². The SMILES string of the molecule is CCNC(=NCc1nnc2ccccn12)NC1CN(C2CC2)CC1C.I. The predicted molar refractivity (Wildman–Crippen MR) is 114 cm³/mol. The van der Waals surface area contributed by atoms with Gasteiger partial charge in [0.1, 0.15) is 6.54 Å². The first-order valence-corrected chi connectivity index (χ1v) is 9.32. The van der Waals surface area contributed by atoms with Crippen molar-refractivity contribution in [1.82, 2.24) is 30.1 Å². The summed E-state index contributed by atoms with van der Waals surface area (Å²) in [5.74, 6) is 2.36. The molecule has 0 bridgehead atoms. The summed E-state index contributed by atoms with van der Waals surface area (Å²) in [5, 5.41) is 15.4. The van der Waals surface area contributed by atoms with Crippen molar-refractivity contribution in [3.63, 3.8) is 0 Å². The predicted octanol–water partition coefficient (Wildman–Crippen LogP) is 1.89. The van der Waals surface area contributed by atoms with E-state index in [2.05, 4.69) is 39.6 Å². The lowest BCUT2D eigenvalue weighted by molar-refractivity contribution is 0.315. The molecule has 1 aliphatic heterocycles. The molecule has 0 amide bonds. The third-order valence-electron chi connectivity index (χ3n) is 5.13. The minimum Gasteiger partial charge on any atom is -0.357 e. The van der Waals surface area contributed by atoms with Gasteiger partial charge in [0.15, 0.2) is 17.4 Å². The highest BCUT2D eigenvalue weighted by Gasteiger charge is 2.38. The highest BCUT2D eigenvalue weighted by Crippen LogP contribution is 2.31. The van der Waals surface area contributed by atoms with E-state index in [0.717, 1.165) is 36.6 Å². The summed E-state index contributed by atoms with van der Waals surface area (Å²) in [6.45, 7) is 8.09. The molecule has 2 unspecified atom stereocenters. The Morgan fingerprint density at radius 2 is 2.12 bits per heavy atom. The average Bonchev–Trinajstić information content (AvgIpc) is 3.29. The lowest BCUT2D eigenvalue weighted by Gasteiger charge is -2.20. The number of pyridine rings is 1. The number of hydrogen-bond donors (Lipinski definition) is 2. The maximum absolute atomic E-state index is 4.74. The Morgan fingerprint density at radius 1 is 1.27 bits per heavy atom. The molecule has 142 valence electrons. The fourth-order valence-corrected chi connectivity index (χ4v) is 3.57. The van der Waals surface area contributed by atoms with Gasteiger partial charge < -0.3 is 10.6 Å². The van der Waals surface area contributed by atoms with Crippen molar-refractivity contribution in [2.45, 2.75) is 45.3 Å². The lowest BCUT2D eigenvalue weighted by Crippen LogP contribution is -2.46. The zero-order chi connectivity index (χ0) is 17.2. The highest BCUT2D eigenvalue weighted by atomic mass is 127. The van der Waals surface area contributed by atoms with Crippen molar-refractivity contribution < 1.29 is 0 Å². The van der Waals surface area contributed by atoms with Crippen molar-refractivity contribution in [2.75, 3.05) is 19.6 Å². The van der Waals surface area contributed by atoms with Crippen LogP contribution in [0.5, 0.6) is 0 Å². The van der Waals surface area contributed by atoms with Crippen LogP contribution in [0.3, 0.4) is 0 Å². The standard InChI is InChI=1S/C18H27N7.HI/c1-3-19-18(21-15-12-24(11-13(15)2)14-7-8-14)20-10-17-23-22-16-6-4-5-9-25(16)17;/h4-6,9,13-15H,3,7-8,10-12H2,1-2H3,(H2,19,20,21);1H. The van der Waals surface area contributed by atoms with E-state index in [1.165, 1.54) is 19.4 Å². The molecular weight excluding hydrogens is 441 g/mol. The Labute approximate surface area is 171 Å². The van der Waals surface area contributed by atoms with Gasteiger partial charge >= 0.3 is 0 Å². The van der Waals surface area contributed by atoms with Crippen LogP contribution in [-0.4, -0.2) is 57.2 Å². The van der Waals surface area contributed by atoms with Gasteiger partial charge in [-0.15, -0.1) is 34.2 Å². The smallest absolute Gasteiger partial charge is 0.191 e. The van der Waals surface area contributed by atoms with Crippen LogP contribution in [0.4, 0.5) is 0 Å². The van der Waals surface area contributed by atoms with E-state index in [0.29, 0.717) is 18.5 Å². The fourth-order valence-electron chi connectivity index (χ4n) is 3.57. The number of halogens is 1. The summed E-state index contributed by atoms with van der Waals surface area (Å²) in [6.07, 6.45) is 4.72.